The monoisotopic (exact) mass is 429 g/mol. The number of anilines is 1. The van der Waals surface area contributed by atoms with Crippen molar-refractivity contribution in [3.8, 4) is 0 Å². The topological polar surface area (TPSA) is 83.8 Å². The Morgan fingerprint density at radius 2 is 1.41 bits per heavy atom. The summed E-state index contributed by atoms with van der Waals surface area (Å²) in [6, 6.07) is 20.7. The van der Waals surface area contributed by atoms with Gasteiger partial charge in [0.25, 0.3) is 11.6 Å². The smallest absolute Gasteiger partial charge is 0.269 e. The quantitative estimate of drug-likeness (QED) is 0.346. The Kier molecular flexibility index (Phi) is 5.98. The van der Waals surface area contributed by atoms with E-state index in [0.717, 1.165) is 11.3 Å². The van der Waals surface area contributed by atoms with E-state index in [-0.39, 0.29) is 17.4 Å². The third-order valence-corrected chi connectivity index (χ3v) is 5.71. The minimum Gasteiger partial charge on any atom is -0.368 e. The maximum absolute atomic E-state index is 13.3. The van der Waals surface area contributed by atoms with E-state index in [4.69, 9.17) is 0 Å². The molecule has 1 aliphatic heterocycles. The van der Waals surface area contributed by atoms with Crippen LogP contribution < -0.4 is 4.90 Å². The van der Waals surface area contributed by atoms with Crippen molar-refractivity contribution in [1.82, 2.24) is 4.90 Å². The Bertz CT molecular complexity index is 1150. The van der Waals surface area contributed by atoms with Crippen LogP contribution in [-0.2, 0) is 0 Å². The molecule has 0 saturated carbocycles. The third-order valence-electron chi connectivity index (χ3n) is 5.71. The fraction of sp³-hybridized carbons (Fsp3) is 0.200. The van der Waals surface area contributed by atoms with Crippen molar-refractivity contribution < 1.29 is 14.5 Å². The number of nitro benzene ring substituents is 1. The Labute approximate surface area is 186 Å². The van der Waals surface area contributed by atoms with Gasteiger partial charge in [0.15, 0.2) is 5.78 Å². The average molecular weight is 429 g/mol. The van der Waals surface area contributed by atoms with Crippen molar-refractivity contribution in [3.63, 3.8) is 0 Å². The van der Waals surface area contributed by atoms with Gasteiger partial charge in [0, 0.05) is 55.1 Å². The Morgan fingerprint density at radius 1 is 0.812 bits per heavy atom. The number of rotatable bonds is 5. The van der Waals surface area contributed by atoms with E-state index in [9.17, 15) is 19.7 Å². The summed E-state index contributed by atoms with van der Waals surface area (Å²) in [4.78, 5) is 40.6. The van der Waals surface area contributed by atoms with Crippen molar-refractivity contribution in [2.45, 2.75) is 6.92 Å². The molecular formula is C25H23N3O4. The van der Waals surface area contributed by atoms with Crippen LogP contribution in [0.5, 0.6) is 0 Å². The lowest BCUT2D eigenvalue weighted by Gasteiger charge is -2.36. The molecule has 32 heavy (non-hydrogen) atoms. The number of amides is 1. The molecule has 0 atom stereocenters. The van der Waals surface area contributed by atoms with Gasteiger partial charge in [0.05, 0.1) is 10.5 Å². The molecule has 162 valence electrons. The standard InChI is InChI=1S/C25H23N3O4/c1-18-6-8-19(9-7-18)24(29)22-4-2-3-5-23(22)25(30)27-16-14-26(15-17-27)20-10-12-21(13-11-20)28(31)32/h2-13H,14-17H2,1H3. The van der Waals surface area contributed by atoms with E-state index in [1.807, 2.05) is 19.1 Å². The average Bonchev–Trinajstić information content (AvgIpc) is 2.84. The van der Waals surface area contributed by atoms with Crippen molar-refractivity contribution in [3.05, 3.63) is 105 Å². The highest BCUT2D eigenvalue weighted by atomic mass is 16.6. The zero-order chi connectivity index (χ0) is 22.7. The molecule has 0 aliphatic carbocycles. The number of benzene rings is 3. The number of aryl methyl sites for hydroxylation is 1. The minimum absolute atomic E-state index is 0.0532. The molecule has 7 nitrogen and oxygen atoms in total. The summed E-state index contributed by atoms with van der Waals surface area (Å²) in [5.74, 6) is -0.331. The molecule has 1 fully saturated rings. The maximum Gasteiger partial charge on any atom is 0.269 e. The summed E-state index contributed by atoms with van der Waals surface area (Å²) in [7, 11) is 0. The van der Waals surface area contributed by atoms with E-state index in [1.165, 1.54) is 12.1 Å². The van der Waals surface area contributed by atoms with Crippen molar-refractivity contribution in [2.75, 3.05) is 31.1 Å². The van der Waals surface area contributed by atoms with Gasteiger partial charge in [0.2, 0.25) is 0 Å². The highest BCUT2D eigenvalue weighted by Gasteiger charge is 2.26. The predicted molar refractivity (Wildman–Crippen MR) is 122 cm³/mol. The van der Waals surface area contributed by atoms with Crippen molar-refractivity contribution in [1.29, 1.82) is 0 Å². The largest absolute Gasteiger partial charge is 0.368 e. The second-order valence-corrected chi connectivity index (χ2v) is 7.79. The number of carbonyl (C=O) groups is 2. The van der Waals surface area contributed by atoms with Crippen molar-refractivity contribution >= 4 is 23.1 Å². The molecule has 0 spiro atoms. The Hall–Kier alpha value is -4.00. The molecule has 1 amide bonds. The number of nitro groups is 1. The molecule has 1 heterocycles. The predicted octanol–water partition coefficient (Wildman–Crippen LogP) is 4.10. The van der Waals surface area contributed by atoms with Crippen LogP contribution in [0.15, 0.2) is 72.8 Å². The van der Waals surface area contributed by atoms with Crippen LogP contribution in [-0.4, -0.2) is 47.7 Å². The normalized spacial score (nSPS) is 13.7. The van der Waals surface area contributed by atoms with Crippen LogP contribution >= 0.6 is 0 Å². The van der Waals surface area contributed by atoms with Crippen LogP contribution in [0.4, 0.5) is 11.4 Å². The number of hydrogen-bond donors (Lipinski definition) is 0. The first-order valence-corrected chi connectivity index (χ1v) is 10.4. The lowest BCUT2D eigenvalue weighted by atomic mass is 9.97. The summed E-state index contributed by atoms with van der Waals surface area (Å²) in [6.45, 7) is 4.18. The minimum atomic E-state index is -0.421. The van der Waals surface area contributed by atoms with Gasteiger partial charge in [-0.05, 0) is 25.1 Å². The first-order chi connectivity index (χ1) is 15.4. The molecular weight excluding hydrogens is 406 g/mol. The summed E-state index contributed by atoms with van der Waals surface area (Å²) in [5, 5.41) is 10.8. The van der Waals surface area contributed by atoms with Gasteiger partial charge in [-0.1, -0.05) is 48.0 Å². The molecule has 0 N–H and O–H groups in total. The molecule has 3 aromatic rings. The second-order valence-electron chi connectivity index (χ2n) is 7.79. The van der Waals surface area contributed by atoms with E-state index in [2.05, 4.69) is 4.90 Å². The molecule has 4 rings (SSSR count). The molecule has 3 aromatic carbocycles. The first-order valence-electron chi connectivity index (χ1n) is 10.4. The molecule has 0 aromatic heterocycles. The van der Waals surface area contributed by atoms with Crippen LogP contribution in [0, 0.1) is 17.0 Å². The summed E-state index contributed by atoms with van der Waals surface area (Å²) in [5.41, 5.74) is 3.37. The molecule has 0 radical (unpaired) electrons. The van der Waals surface area contributed by atoms with Crippen LogP contribution in [0.1, 0.15) is 31.8 Å². The lowest BCUT2D eigenvalue weighted by molar-refractivity contribution is -0.384. The fourth-order valence-electron chi connectivity index (χ4n) is 3.85. The van der Waals surface area contributed by atoms with Gasteiger partial charge < -0.3 is 9.80 Å². The molecule has 1 aliphatic rings. The molecule has 0 unspecified atom stereocenters. The lowest BCUT2D eigenvalue weighted by Crippen LogP contribution is -2.49. The van der Waals surface area contributed by atoms with E-state index < -0.39 is 4.92 Å². The summed E-state index contributed by atoms with van der Waals surface area (Å²) in [6.07, 6.45) is 0. The highest BCUT2D eigenvalue weighted by Crippen LogP contribution is 2.22. The van der Waals surface area contributed by atoms with Gasteiger partial charge >= 0.3 is 0 Å². The number of hydrogen-bond acceptors (Lipinski definition) is 5. The van der Waals surface area contributed by atoms with Gasteiger partial charge in [-0.25, -0.2) is 0 Å². The number of piperazine rings is 1. The number of non-ortho nitro benzene ring substituents is 1. The Morgan fingerprint density at radius 3 is 2.00 bits per heavy atom. The van der Waals surface area contributed by atoms with Crippen LogP contribution in [0.25, 0.3) is 0 Å². The molecule has 0 bridgehead atoms. The zero-order valence-electron chi connectivity index (χ0n) is 17.7. The number of ketones is 1. The van der Waals surface area contributed by atoms with E-state index in [0.29, 0.717) is 42.9 Å². The van der Waals surface area contributed by atoms with Gasteiger partial charge in [-0.2, -0.15) is 0 Å². The highest BCUT2D eigenvalue weighted by molar-refractivity contribution is 6.15. The summed E-state index contributed by atoms with van der Waals surface area (Å²) >= 11 is 0. The van der Waals surface area contributed by atoms with Gasteiger partial charge in [0.1, 0.15) is 0 Å². The first kappa shape index (κ1) is 21.2. The van der Waals surface area contributed by atoms with E-state index >= 15 is 0 Å². The maximum atomic E-state index is 13.3. The van der Waals surface area contributed by atoms with E-state index in [1.54, 1.807) is 53.4 Å². The SMILES string of the molecule is Cc1ccc(C(=O)c2ccccc2C(=O)N2CCN(c3ccc([N+](=O)[O-])cc3)CC2)cc1. The Balaban J connectivity index is 1.47. The van der Waals surface area contributed by atoms with Crippen molar-refractivity contribution in [2.24, 2.45) is 0 Å². The summed E-state index contributed by atoms with van der Waals surface area (Å²) < 4.78 is 0. The third kappa shape index (κ3) is 4.37. The van der Waals surface area contributed by atoms with Gasteiger partial charge in [-0.15, -0.1) is 0 Å². The second kappa shape index (κ2) is 9.01. The number of nitrogens with zero attached hydrogens (tertiary/aromatic N) is 3. The van der Waals surface area contributed by atoms with Crippen LogP contribution in [0.3, 0.4) is 0 Å². The fourth-order valence-corrected chi connectivity index (χ4v) is 3.85. The van der Waals surface area contributed by atoms with Crippen LogP contribution in [0.2, 0.25) is 0 Å². The molecule has 1 saturated heterocycles. The zero-order valence-corrected chi connectivity index (χ0v) is 17.7. The molecule has 7 heteroatoms. The number of carbonyl (C=O) groups excluding carboxylic acids is 2. The van der Waals surface area contributed by atoms with Gasteiger partial charge in [-0.3, -0.25) is 19.7 Å².